The minimum Gasteiger partial charge on any atom is -0.481 e. The summed E-state index contributed by atoms with van der Waals surface area (Å²) in [6, 6.07) is -0.313. The van der Waals surface area contributed by atoms with Gasteiger partial charge in [0.1, 0.15) is 0 Å². The molecule has 0 aliphatic carbocycles. The number of hydrogen-bond acceptors (Lipinski definition) is 2. The van der Waals surface area contributed by atoms with Gasteiger partial charge in [-0.3, -0.25) is 4.79 Å². The van der Waals surface area contributed by atoms with Crippen LogP contribution in [0.4, 0.5) is 4.79 Å². The summed E-state index contributed by atoms with van der Waals surface area (Å²) in [6.07, 6.45) is 0.817. The van der Waals surface area contributed by atoms with Crippen molar-refractivity contribution in [3.05, 3.63) is 0 Å². The second-order valence-corrected chi connectivity index (χ2v) is 5.02. The summed E-state index contributed by atoms with van der Waals surface area (Å²) in [6.45, 7) is 8.13. The van der Waals surface area contributed by atoms with Crippen LogP contribution in [0.3, 0.4) is 0 Å². The van der Waals surface area contributed by atoms with E-state index in [-0.39, 0.29) is 12.5 Å². The van der Waals surface area contributed by atoms with E-state index in [1.54, 1.807) is 13.8 Å². The maximum Gasteiger partial charge on any atom is 0.315 e. The van der Waals surface area contributed by atoms with E-state index >= 15 is 0 Å². The summed E-state index contributed by atoms with van der Waals surface area (Å²) >= 11 is 0. The van der Waals surface area contributed by atoms with E-state index in [2.05, 4.69) is 24.5 Å². The highest BCUT2D eigenvalue weighted by molar-refractivity contribution is 5.76. The van der Waals surface area contributed by atoms with Crippen molar-refractivity contribution in [3.8, 4) is 0 Å². The van der Waals surface area contributed by atoms with Gasteiger partial charge in [0.15, 0.2) is 0 Å². The quantitative estimate of drug-likeness (QED) is 0.648. The first-order valence-corrected chi connectivity index (χ1v) is 5.51. The number of carbonyl (C=O) groups is 2. The number of amides is 2. The number of carbonyl (C=O) groups excluding carboxylic acids is 1. The first kappa shape index (κ1) is 14.7. The number of carboxylic acids is 1. The summed E-state index contributed by atoms with van der Waals surface area (Å²) in [5.41, 5.74) is -0.728. The van der Waals surface area contributed by atoms with E-state index in [0.717, 1.165) is 6.42 Å². The number of hydrogen-bond donors (Lipinski definition) is 3. The summed E-state index contributed by atoms with van der Waals surface area (Å²) in [5, 5.41) is 14.0. The highest BCUT2D eigenvalue weighted by Crippen LogP contribution is 2.07. The van der Waals surface area contributed by atoms with Crippen molar-refractivity contribution >= 4 is 12.0 Å². The number of rotatable bonds is 6. The standard InChI is InChI=1S/C11H22N2O3/c1-8(2)5-6-12-10(16)13-11(3,4)7-9(14)15/h8H,5-7H2,1-4H3,(H,14,15)(H2,12,13,16). The second-order valence-electron chi connectivity index (χ2n) is 5.02. The first-order chi connectivity index (χ1) is 7.23. The Kier molecular flexibility index (Phi) is 5.85. The van der Waals surface area contributed by atoms with Crippen LogP contribution in [0.15, 0.2) is 0 Å². The lowest BCUT2D eigenvalue weighted by molar-refractivity contribution is -0.138. The summed E-state index contributed by atoms with van der Waals surface area (Å²) in [7, 11) is 0. The minimum absolute atomic E-state index is 0.0927. The van der Waals surface area contributed by atoms with Gasteiger partial charge in [-0.25, -0.2) is 4.79 Å². The van der Waals surface area contributed by atoms with Crippen molar-refractivity contribution < 1.29 is 14.7 Å². The van der Waals surface area contributed by atoms with Gasteiger partial charge in [0.2, 0.25) is 0 Å². The predicted molar refractivity (Wildman–Crippen MR) is 62.3 cm³/mol. The van der Waals surface area contributed by atoms with E-state index in [1.165, 1.54) is 0 Å². The van der Waals surface area contributed by atoms with Gasteiger partial charge in [0.25, 0.3) is 0 Å². The zero-order valence-corrected chi connectivity index (χ0v) is 10.5. The molecule has 0 rings (SSSR count). The van der Waals surface area contributed by atoms with Crippen LogP contribution in [-0.2, 0) is 4.79 Å². The van der Waals surface area contributed by atoms with Gasteiger partial charge in [0.05, 0.1) is 6.42 Å². The van der Waals surface area contributed by atoms with E-state index in [4.69, 9.17) is 5.11 Å². The smallest absolute Gasteiger partial charge is 0.315 e. The molecule has 2 amide bonds. The molecule has 0 aromatic carbocycles. The number of carboxylic acid groups (broad SMARTS) is 1. The molecule has 0 aromatic rings. The molecule has 16 heavy (non-hydrogen) atoms. The maximum atomic E-state index is 11.4. The lowest BCUT2D eigenvalue weighted by Gasteiger charge is -2.24. The Morgan fingerprint density at radius 2 is 1.88 bits per heavy atom. The summed E-state index contributed by atoms with van der Waals surface area (Å²) < 4.78 is 0. The molecule has 5 heteroatoms. The van der Waals surface area contributed by atoms with Crippen molar-refractivity contribution in [2.75, 3.05) is 6.54 Å². The minimum atomic E-state index is -0.924. The second kappa shape index (κ2) is 6.35. The Bertz CT molecular complexity index is 250. The molecular formula is C11H22N2O3. The van der Waals surface area contributed by atoms with Gasteiger partial charge in [0, 0.05) is 12.1 Å². The van der Waals surface area contributed by atoms with Gasteiger partial charge < -0.3 is 15.7 Å². The topological polar surface area (TPSA) is 78.4 Å². The van der Waals surface area contributed by atoms with Crippen molar-refractivity contribution in [2.24, 2.45) is 5.92 Å². The Morgan fingerprint density at radius 3 is 2.31 bits per heavy atom. The lowest BCUT2D eigenvalue weighted by Crippen LogP contribution is -2.49. The van der Waals surface area contributed by atoms with Crippen LogP contribution in [0.25, 0.3) is 0 Å². The van der Waals surface area contributed by atoms with Crippen LogP contribution >= 0.6 is 0 Å². The molecule has 0 heterocycles. The van der Waals surface area contributed by atoms with E-state index in [0.29, 0.717) is 12.5 Å². The average Bonchev–Trinajstić information content (AvgIpc) is 1.98. The Morgan fingerprint density at radius 1 is 1.31 bits per heavy atom. The van der Waals surface area contributed by atoms with E-state index in [1.807, 2.05) is 0 Å². The fourth-order valence-electron chi connectivity index (χ4n) is 1.25. The Hall–Kier alpha value is -1.26. The van der Waals surface area contributed by atoms with Gasteiger partial charge in [-0.1, -0.05) is 13.8 Å². The molecule has 3 N–H and O–H groups in total. The molecule has 0 fully saturated rings. The number of aliphatic carboxylic acids is 1. The van der Waals surface area contributed by atoms with Gasteiger partial charge in [-0.05, 0) is 26.2 Å². The van der Waals surface area contributed by atoms with Crippen molar-refractivity contribution in [3.63, 3.8) is 0 Å². The maximum absolute atomic E-state index is 11.4. The van der Waals surface area contributed by atoms with Crippen LogP contribution in [0.5, 0.6) is 0 Å². The number of nitrogens with one attached hydrogen (secondary N) is 2. The molecule has 0 saturated heterocycles. The molecule has 5 nitrogen and oxygen atoms in total. The largest absolute Gasteiger partial charge is 0.481 e. The van der Waals surface area contributed by atoms with Crippen LogP contribution < -0.4 is 10.6 Å². The molecular weight excluding hydrogens is 208 g/mol. The van der Waals surface area contributed by atoms with Crippen LogP contribution in [0, 0.1) is 5.92 Å². The highest BCUT2D eigenvalue weighted by Gasteiger charge is 2.23. The average molecular weight is 230 g/mol. The molecule has 0 aliphatic heterocycles. The highest BCUT2D eigenvalue weighted by atomic mass is 16.4. The Labute approximate surface area is 96.6 Å². The predicted octanol–water partition coefficient (Wildman–Crippen LogP) is 1.58. The normalized spacial score (nSPS) is 11.3. The first-order valence-electron chi connectivity index (χ1n) is 5.51. The third-order valence-corrected chi connectivity index (χ3v) is 2.05. The van der Waals surface area contributed by atoms with Crippen LogP contribution in [-0.4, -0.2) is 29.2 Å². The fourth-order valence-corrected chi connectivity index (χ4v) is 1.25. The van der Waals surface area contributed by atoms with Crippen molar-refractivity contribution in [1.82, 2.24) is 10.6 Å². The fraction of sp³-hybridized carbons (Fsp3) is 0.818. The van der Waals surface area contributed by atoms with Crippen LogP contribution in [0.1, 0.15) is 40.5 Å². The van der Waals surface area contributed by atoms with Crippen LogP contribution in [0.2, 0.25) is 0 Å². The zero-order valence-electron chi connectivity index (χ0n) is 10.5. The summed E-state index contributed by atoms with van der Waals surface area (Å²) in [5.74, 6) is -0.389. The van der Waals surface area contributed by atoms with E-state index < -0.39 is 11.5 Å². The van der Waals surface area contributed by atoms with E-state index in [9.17, 15) is 9.59 Å². The van der Waals surface area contributed by atoms with Gasteiger partial charge >= 0.3 is 12.0 Å². The van der Waals surface area contributed by atoms with Crippen molar-refractivity contribution in [2.45, 2.75) is 46.1 Å². The monoisotopic (exact) mass is 230 g/mol. The molecule has 0 radical (unpaired) electrons. The zero-order chi connectivity index (χ0) is 12.8. The third-order valence-electron chi connectivity index (χ3n) is 2.05. The lowest BCUT2D eigenvalue weighted by atomic mass is 10.0. The third kappa shape index (κ3) is 8.08. The molecule has 0 aliphatic rings. The SMILES string of the molecule is CC(C)CCNC(=O)NC(C)(C)CC(=O)O. The van der Waals surface area contributed by atoms with Gasteiger partial charge in [-0.2, -0.15) is 0 Å². The molecule has 0 saturated carbocycles. The molecule has 94 valence electrons. The molecule has 0 bridgehead atoms. The molecule has 0 atom stereocenters. The van der Waals surface area contributed by atoms with Gasteiger partial charge in [-0.15, -0.1) is 0 Å². The molecule has 0 aromatic heterocycles. The van der Waals surface area contributed by atoms with Crippen molar-refractivity contribution in [1.29, 1.82) is 0 Å². The summed E-state index contributed by atoms with van der Waals surface area (Å²) in [4.78, 5) is 21.9. The Balaban J connectivity index is 3.89. The molecule has 0 spiro atoms. The molecule has 0 unspecified atom stereocenters. The number of urea groups is 1.